The van der Waals surface area contributed by atoms with E-state index in [1.54, 1.807) is 0 Å². The maximum absolute atomic E-state index is 7.60. The average molecular weight is 629 g/mol. The molecule has 238 valence electrons. The van der Waals surface area contributed by atoms with Crippen LogP contribution in [0.3, 0.4) is 0 Å². The lowest BCUT2D eigenvalue weighted by Crippen LogP contribution is -2.16. The minimum absolute atomic E-state index is 0.0601. The predicted octanol–water partition coefficient (Wildman–Crippen LogP) is 13.5. The summed E-state index contributed by atoms with van der Waals surface area (Å²) in [5.41, 5.74) is 11.3. The molecule has 3 heteroatoms. The van der Waals surface area contributed by atoms with Crippen LogP contribution in [0.2, 0.25) is 5.02 Å². The summed E-state index contributed by atoms with van der Waals surface area (Å²) < 4.78 is 0. The molecule has 0 aliphatic rings. The Labute approximate surface area is 282 Å². The van der Waals surface area contributed by atoms with Gasteiger partial charge in [-0.2, -0.15) is 0 Å². The number of rotatable bonds is 6. The van der Waals surface area contributed by atoms with Crippen molar-refractivity contribution in [3.63, 3.8) is 0 Å². The normalized spacial score (nSPS) is 12.2. The van der Waals surface area contributed by atoms with Crippen molar-refractivity contribution in [1.29, 1.82) is 0 Å². The Bertz CT molecular complexity index is 1710. The van der Waals surface area contributed by atoms with Crippen molar-refractivity contribution in [2.24, 2.45) is 0 Å². The lowest BCUT2D eigenvalue weighted by molar-refractivity contribution is 0.590. The molecule has 46 heavy (non-hydrogen) atoms. The maximum atomic E-state index is 7.60. The van der Waals surface area contributed by atoms with E-state index in [4.69, 9.17) is 11.6 Å². The topological polar surface area (TPSA) is 6.48 Å². The second-order valence-electron chi connectivity index (χ2n) is 15.5. The SMILES string of the molecule is Cc1cc(N(c2ccccc2)c2ccc(C(C)(C)C)cc2)c(Cl)c(N(c2ccc(C(C)(C)C)cc2)c2ccc(C(C)(C)C)cc2)c1. The van der Waals surface area contributed by atoms with Crippen LogP contribution in [-0.2, 0) is 16.2 Å². The third-order valence-electron chi connectivity index (χ3n) is 8.65. The molecule has 0 aromatic heterocycles. The molecule has 5 aromatic carbocycles. The van der Waals surface area contributed by atoms with Gasteiger partial charge in [0.15, 0.2) is 0 Å². The number of nitrogens with zero attached hydrogens (tertiary/aromatic N) is 2. The van der Waals surface area contributed by atoms with E-state index in [1.165, 1.54) is 16.7 Å². The molecule has 0 fully saturated rings. The Morgan fingerprint density at radius 1 is 0.413 bits per heavy atom. The Balaban J connectivity index is 1.72. The molecular weight excluding hydrogens is 580 g/mol. The van der Waals surface area contributed by atoms with E-state index < -0.39 is 0 Å². The lowest BCUT2D eigenvalue weighted by atomic mass is 9.86. The van der Waals surface area contributed by atoms with Crippen molar-refractivity contribution in [3.05, 3.63) is 143 Å². The van der Waals surface area contributed by atoms with Crippen LogP contribution in [-0.4, -0.2) is 0 Å². The quantitative estimate of drug-likeness (QED) is 0.184. The van der Waals surface area contributed by atoms with Crippen molar-refractivity contribution < 1.29 is 0 Å². The second-order valence-corrected chi connectivity index (χ2v) is 15.9. The van der Waals surface area contributed by atoms with Crippen LogP contribution in [0.25, 0.3) is 0 Å². The van der Waals surface area contributed by atoms with Crippen LogP contribution in [0.5, 0.6) is 0 Å². The van der Waals surface area contributed by atoms with E-state index >= 15 is 0 Å². The smallest absolute Gasteiger partial charge is 0.0887 e. The Morgan fingerprint density at radius 3 is 0.978 bits per heavy atom. The van der Waals surface area contributed by atoms with Gasteiger partial charge in [-0.25, -0.2) is 0 Å². The van der Waals surface area contributed by atoms with Crippen LogP contribution in [0.1, 0.15) is 84.6 Å². The summed E-state index contributed by atoms with van der Waals surface area (Å²) >= 11 is 7.60. The number of para-hydroxylation sites is 1. The van der Waals surface area contributed by atoms with Gasteiger partial charge >= 0.3 is 0 Å². The summed E-state index contributed by atoms with van der Waals surface area (Å²) in [5.74, 6) is 0. The fourth-order valence-corrected chi connectivity index (χ4v) is 6.10. The van der Waals surface area contributed by atoms with Crippen molar-refractivity contribution >= 4 is 45.7 Å². The Kier molecular flexibility index (Phi) is 9.17. The van der Waals surface area contributed by atoms with Crippen molar-refractivity contribution in [2.75, 3.05) is 9.80 Å². The number of benzene rings is 5. The highest BCUT2D eigenvalue weighted by Gasteiger charge is 2.25. The third-order valence-corrected chi connectivity index (χ3v) is 9.04. The zero-order valence-corrected chi connectivity index (χ0v) is 30.0. The fourth-order valence-electron chi connectivity index (χ4n) is 5.82. The number of hydrogen-bond donors (Lipinski definition) is 0. The van der Waals surface area contributed by atoms with Crippen LogP contribution in [0.15, 0.2) is 115 Å². The summed E-state index contributed by atoms with van der Waals surface area (Å²) in [4.78, 5) is 4.57. The lowest BCUT2D eigenvalue weighted by Gasteiger charge is -2.32. The standard InChI is InChI=1S/C43H49ClN2/c1-30-28-38(45(34-14-12-11-13-15-34)35-22-16-31(17-23-35)41(2,3)4)40(44)39(29-30)46(36-24-18-32(19-25-36)42(5,6)7)37-26-20-33(21-27-37)43(8,9)10/h11-29H,1-10H3. The summed E-state index contributed by atoms with van der Waals surface area (Å²) in [6, 6.07) is 41.6. The van der Waals surface area contributed by atoms with Crippen LogP contribution in [0.4, 0.5) is 34.1 Å². The van der Waals surface area contributed by atoms with Crippen molar-refractivity contribution in [3.8, 4) is 0 Å². The van der Waals surface area contributed by atoms with Gasteiger partial charge in [-0.3, -0.25) is 0 Å². The molecule has 0 radical (unpaired) electrons. The van der Waals surface area contributed by atoms with Gasteiger partial charge in [0.25, 0.3) is 0 Å². The van der Waals surface area contributed by atoms with Gasteiger partial charge < -0.3 is 9.80 Å². The van der Waals surface area contributed by atoms with E-state index in [0.717, 1.165) is 39.7 Å². The molecule has 0 heterocycles. The van der Waals surface area contributed by atoms with Crippen molar-refractivity contribution in [1.82, 2.24) is 0 Å². The zero-order chi connectivity index (χ0) is 33.4. The number of halogens is 1. The van der Waals surface area contributed by atoms with Crippen molar-refractivity contribution in [2.45, 2.75) is 85.5 Å². The van der Waals surface area contributed by atoms with Crippen LogP contribution < -0.4 is 9.80 Å². The summed E-state index contributed by atoms with van der Waals surface area (Å²) in [6.45, 7) is 22.4. The summed E-state index contributed by atoms with van der Waals surface area (Å²) in [6.07, 6.45) is 0. The molecule has 0 saturated carbocycles. The first-order valence-electron chi connectivity index (χ1n) is 16.3. The number of hydrogen-bond acceptors (Lipinski definition) is 2. The summed E-state index contributed by atoms with van der Waals surface area (Å²) in [7, 11) is 0. The van der Waals surface area contributed by atoms with Gasteiger partial charge in [0, 0.05) is 22.7 Å². The monoisotopic (exact) mass is 628 g/mol. The summed E-state index contributed by atoms with van der Waals surface area (Å²) in [5, 5.41) is 0.689. The van der Waals surface area contributed by atoms with E-state index in [9.17, 15) is 0 Å². The number of aryl methyl sites for hydroxylation is 1. The largest absolute Gasteiger partial charge is 0.309 e. The highest BCUT2D eigenvalue weighted by atomic mass is 35.5. The molecule has 0 aliphatic carbocycles. The minimum atomic E-state index is 0.0601. The molecule has 0 amide bonds. The Hall–Kier alpha value is -4.01. The van der Waals surface area contributed by atoms with E-state index in [2.05, 4.69) is 194 Å². The van der Waals surface area contributed by atoms with Gasteiger partial charge in [0.2, 0.25) is 0 Å². The van der Waals surface area contributed by atoms with Gasteiger partial charge in [0.1, 0.15) is 0 Å². The highest BCUT2D eigenvalue weighted by Crippen LogP contribution is 2.48. The molecule has 5 aromatic rings. The Morgan fingerprint density at radius 2 is 0.696 bits per heavy atom. The fraction of sp³-hybridized carbons (Fsp3) is 0.302. The first-order chi connectivity index (χ1) is 21.5. The second kappa shape index (κ2) is 12.6. The molecule has 0 saturated heterocycles. The molecule has 0 aliphatic heterocycles. The van der Waals surface area contributed by atoms with Crippen LogP contribution >= 0.6 is 11.6 Å². The van der Waals surface area contributed by atoms with Gasteiger partial charge in [0.05, 0.1) is 16.4 Å². The predicted molar refractivity (Wildman–Crippen MR) is 202 cm³/mol. The molecule has 0 atom stereocenters. The van der Waals surface area contributed by atoms with E-state index in [0.29, 0.717) is 5.02 Å². The van der Waals surface area contributed by atoms with E-state index in [-0.39, 0.29) is 16.2 Å². The third kappa shape index (κ3) is 7.18. The molecule has 0 spiro atoms. The highest BCUT2D eigenvalue weighted by molar-refractivity contribution is 6.36. The van der Waals surface area contributed by atoms with Gasteiger partial charge in [-0.05, 0) is 106 Å². The van der Waals surface area contributed by atoms with Crippen LogP contribution in [0, 0.1) is 6.92 Å². The van der Waals surface area contributed by atoms with Gasteiger partial charge in [-0.1, -0.05) is 129 Å². The zero-order valence-electron chi connectivity index (χ0n) is 29.2. The number of anilines is 6. The molecule has 2 nitrogen and oxygen atoms in total. The molecule has 0 bridgehead atoms. The molecule has 5 rings (SSSR count). The molecule has 0 N–H and O–H groups in total. The first kappa shape index (κ1) is 33.4. The average Bonchev–Trinajstić information content (AvgIpc) is 2.99. The first-order valence-corrected chi connectivity index (χ1v) is 16.7. The van der Waals surface area contributed by atoms with Gasteiger partial charge in [-0.15, -0.1) is 0 Å². The maximum Gasteiger partial charge on any atom is 0.0887 e. The van der Waals surface area contributed by atoms with E-state index in [1.807, 2.05) is 0 Å². The minimum Gasteiger partial charge on any atom is -0.309 e. The molecule has 0 unspecified atom stereocenters. The molecular formula is C43H49ClN2.